The van der Waals surface area contributed by atoms with Gasteiger partial charge in [0, 0.05) is 13.0 Å². The Labute approximate surface area is 85.3 Å². The molecule has 0 fully saturated rings. The maximum atomic E-state index is 5.73. The van der Waals surface area contributed by atoms with Gasteiger partial charge in [-0.05, 0) is 25.1 Å². The Morgan fingerprint density at radius 2 is 2.21 bits per heavy atom. The Balaban J connectivity index is 2.24. The lowest BCUT2D eigenvalue weighted by molar-refractivity contribution is 0.0454. The Bertz CT molecular complexity index is 311. The first kappa shape index (κ1) is 9.69. The molecule has 0 spiro atoms. The first-order chi connectivity index (χ1) is 6.86. The van der Waals surface area contributed by atoms with Crippen LogP contribution in [0, 0.1) is 0 Å². The molecule has 2 atom stereocenters. The van der Waals surface area contributed by atoms with E-state index in [9.17, 15) is 0 Å². The van der Waals surface area contributed by atoms with Crippen molar-refractivity contribution in [2.45, 2.75) is 25.5 Å². The molecule has 1 aromatic rings. The van der Waals surface area contributed by atoms with E-state index in [1.54, 1.807) is 0 Å². The molecule has 1 aliphatic carbocycles. The average Bonchev–Trinajstić information content (AvgIpc) is 2.55. The van der Waals surface area contributed by atoms with Gasteiger partial charge in [0.1, 0.15) is 0 Å². The number of nitrogens with one attached hydrogen (secondary N) is 1. The number of ether oxygens (including phenoxy) is 1. The smallest absolute Gasteiger partial charge is 0.0809 e. The van der Waals surface area contributed by atoms with E-state index in [0.29, 0.717) is 12.1 Å². The van der Waals surface area contributed by atoms with E-state index in [0.717, 1.165) is 13.0 Å². The molecule has 2 heteroatoms. The Morgan fingerprint density at radius 1 is 1.43 bits per heavy atom. The van der Waals surface area contributed by atoms with Gasteiger partial charge in [0.2, 0.25) is 0 Å². The highest BCUT2D eigenvalue weighted by atomic mass is 16.5. The Hall–Kier alpha value is -0.860. The van der Waals surface area contributed by atoms with E-state index < -0.39 is 0 Å². The monoisotopic (exact) mass is 191 g/mol. The molecular formula is C12H17NO. The maximum absolute atomic E-state index is 5.73. The van der Waals surface area contributed by atoms with Gasteiger partial charge in [-0.3, -0.25) is 0 Å². The molecule has 0 bridgehead atoms. The molecule has 0 radical (unpaired) electrons. The standard InChI is InChI=1S/C12H17NO/c1-3-14-11-8-9-6-4-5-7-10(9)12(11)13-2/h4-7,11-13H,3,8H2,1-2H3. The lowest BCUT2D eigenvalue weighted by Crippen LogP contribution is -2.28. The fraction of sp³-hybridized carbons (Fsp3) is 0.500. The van der Waals surface area contributed by atoms with E-state index in [4.69, 9.17) is 4.74 Å². The zero-order chi connectivity index (χ0) is 9.97. The summed E-state index contributed by atoms with van der Waals surface area (Å²) in [6.45, 7) is 2.84. The zero-order valence-corrected chi connectivity index (χ0v) is 8.79. The molecule has 0 saturated carbocycles. The van der Waals surface area contributed by atoms with Gasteiger partial charge in [-0.1, -0.05) is 24.3 Å². The number of benzene rings is 1. The van der Waals surface area contributed by atoms with Gasteiger partial charge in [-0.25, -0.2) is 0 Å². The highest BCUT2D eigenvalue weighted by Crippen LogP contribution is 2.32. The van der Waals surface area contributed by atoms with Crippen LogP contribution < -0.4 is 5.32 Å². The van der Waals surface area contributed by atoms with Gasteiger partial charge in [-0.15, -0.1) is 0 Å². The second-order valence-corrected chi connectivity index (χ2v) is 3.66. The van der Waals surface area contributed by atoms with Crippen LogP contribution in [0.4, 0.5) is 0 Å². The number of likely N-dealkylation sites (N-methyl/N-ethyl adjacent to an activating group) is 1. The average molecular weight is 191 g/mol. The summed E-state index contributed by atoms with van der Waals surface area (Å²) in [5.74, 6) is 0. The van der Waals surface area contributed by atoms with Crippen LogP contribution in [0.3, 0.4) is 0 Å². The van der Waals surface area contributed by atoms with Gasteiger partial charge >= 0.3 is 0 Å². The largest absolute Gasteiger partial charge is 0.376 e. The van der Waals surface area contributed by atoms with Crippen LogP contribution in [-0.4, -0.2) is 19.8 Å². The Morgan fingerprint density at radius 3 is 2.93 bits per heavy atom. The molecule has 0 saturated heterocycles. The second-order valence-electron chi connectivity index (χ2n) is 3.66. The van der Waals surface area contributed by atoms with Crippen molar-refractivity contribution >= 4 is 0 Å². The second kappa shape index (κ2) is 4.11. The molecule has 1 aliphatic rings. The predicted molar refractivity (Wildman–Crippen MR) is 57.4 cm³/mol. The minimum absolute atomic E-state index is 0.308. The summed E-state index contributed by atoms with van der Waals surface area (Å²) in [7, 11) is 2.00. The third-order valence-corrected chi connectivity index (χ3v) is 2.87. The van der Waals surface area contributed by atoms with Crippen molar-refractivity contribution in [3.05, 3.63) is 35.4 Å². The van der Waals surface area contributed by atoms with E-state index in [1.807, 2.05) is 7.05 Å². The van der Waals surface area contributed by atoms with Crippen LogP contribution in [0.25, 0.3) is 0 Å². The number of hydrogen-bond acceptors (Lipinski definition) is 2. The summed E-state index contributed by atoms with van der Waals surface area (Å²) in [6, 6.07) is 8.94. The highest BCUT2D eigenvalue weighted by Gasteiger charge is 2.31. The SMILES string of the molecule is CCOC1Cc2ccccc2C1NC. The minimum Gasteiger partial charge on any atom is -0.376 e. The molecule has 0 aliphatic heterocycles. The van der Waals surface area contributed by atoms with Crippen molar-refractivity contribution in [3.63, 3.8) is 0 Å². The van der Waals surface area contributed by atoms with Crippen LogP contribution in [0.1, 0.15) is 24.1 Å². The van der Waals surface area contributed by atoms with E-state index in [-0.39, 0.29) is 0 Å². The van der Waals surface area contributed by atoms with E-state index >= 15 is 0 Å². The lowest BCUT2D eigenvalue weighted by Gasteiger charge is -2.19. The molecule has 2 rings (SSSR count). The molecule has 0 heterocycles. The van der Waals surface area contributed by atoms with Crippen LogP contribution in [-0.2, 0) is 11.2 Å². The molecule has 76 valence electrons. The normalized spacial score (nSPS) is 25.0. The molecule has 2 unspecified atom stereocenters. The Kier molecular flexibility index (Phi) is 2.85. The quantitative estimate of drug-likeness (QED) is 0.788. The maximum Gasteiger partial charge on any atom is 0.0809 e. The predicted octanol–water partition coefficient (Wildman–Crippen LogP) is 1.91. The summed E-state index contributed by atoms with van der Waals surface area (Å²) in [5, 5.41) is 3.33. The van der Waals surface area contributed by atoms with Crippen molar-refractivity contribution in [1.82, 2.24) is 5.32 Å². The summed E-state index contributed by atoms with van der Waals surface area (Å²) < 4.78 is 5.73. The van der Waals surface area contributed by atoms with Crippen molar-refractivity contribution in [1.29, 1.82) is 0 Å². The summed E-state index contributed by atoms with van der Waals surface area (Å²) in [6.07, 6.45) is 1.34. The molecule has 14 heavy (non-hydrogen) atoms. The van der Waals surface area contributed by atoms with E-state index in [2.05, 4.69) is 36.5 Å². The molecular weight excluding hydrogens is 174 g/mol. The lowest BCUT2D eigenvalue weighted by atomic mass is 10.1. The van der Waals surface area contributed by atoms with Crippen LogP contribution in [0.15, 0.2) is 24.3 Å². The topological polar surface area (TPSA) is 21.3 Å². The molecule has 2 nitrogen and oxygen atoms in total. The molecule has 0 aromatic heterocycles. The van der Waals surface area contributed by atoms with Gasteiger partial charge < -0.3 is 10.1 Å². The fourth-order valence-corrected chi connectivity index (χ4v) is 2.27. The number of hydrogen-bond donors (Lipinski definition) is 1. The number of fused-ring (bicyclic) bond motifs is 1. The van der Waals surface area contributed by atoms with Crippen LogP contribution >= 0.6 is 0 Å². The van der Waals surface area contributed by atoms with Gasteiger partial charge in [0.25, 0.3) is 0 Å². The summed E-state index contributed by atoms with van der Waals surface area (Å²) in [4.78, 5) is 0. The van der Waals surface area contributed by atoms with Crippen molar-refractivity contribution in [2.75, 3.05) is 13.7 Å². The summed E-state index contributed by atoms with van der Waals surface area (Å²) in [5.41, 5.74) is 2.82. The first-order valence-electron chi connectivity index (χ1n) is 5.23. The summed E-state index contributed by atoms with van der Waals surface area (Å²) >= 11 is 0. The van der Waals surface area contributed by atoms with Crippen LogP contribution in [0.2, 0.25) is 0 Å². The van der Waals surface area contributed by atoms with Crippen molar-refractivity contribution < 1.29 is 4.74 Å². The van der Waals surface area contributed by atoms with Gasteiger partial charge in [-0.2, -0.15) is 0 Å². The van der Waals surface area contributed by atoms with E-state index in [1.165, 1.54) is 11.1 Å². The zero-order valence-electron chi connectivity index (χ0n) is 8.79. The molecule has 1 aromatic carbocycles. The third-order valence-electron chi connectivity index (χ3n) is 2.87. The third kappa shape index (κ3) is 1.56. The molecule has 1 N–H and O–H groups in total. The molecule has 0 amide bonds. The fourth-order valence-electron chi connectivity index (χ4n) is 2.27. The first-order valence-corrected chi connectivity index (χ1v) is 5.23. The van der Waals surface area contributed by atoms with Gasteiger partial charge in [0.15, 0.2) is 0 Å². The van der Waals surface area contributed by atoms with Crippen LogP contribution in [0.5, 0.6) is 0 Å². The minimum atomic E-state index is 0.308. The highest BCUT2D eigenvalue weighted by molar-refractivity contribution is 5.36. The van der Waals surface area contributed by atoms with Crippen molar-refractivity contribution in [2.24, 2.45) is 0 Å². The van der Waals surface area contributed by atoms with Gasteiger partial charge in [0.05, 0.1) is 12.1 Å². The number of rotatable bonds is 3. The van der Waals surface area contributed by atoms with Crippen molar-refractivity contribution in [3.8, 4) is 0 Å².